The molecule has 1 N–H and O–H groups in total. The lowest BCUT2D eigenvalue weighted by Crippen LogP contribution is -2.42. The maximum absolute atomic E-state index is 12.1. The van der Waals surface area contributed by atoms with E-state index in [0.717, 1.165) is 13.1 Å². The van der Waals surface area contributed by atoms with Crippen molar-refractivity contribution in [3.05, 3.63) is 0 Å². The first kappa shape index (κ1) is 14.8. The smallest absolute Gasteiger partial charge is 0.234 e. The van der Waals surface area contributed by atoms with E-state index in [1.165, 1.54) is 70.6 Å². The molecule has 3 heteroatoms. The van der Waals surface area contributed by atoms with Gasteiger partial charge >= 0.3 is 0 Å². The Kier molecular flexibility index (Phi) is 6.69. The van der Waals surface area contributed by atoms with Crippen molar-refractivity contribution in [3.8, 4) is 0 Å². The van der Waals surface area contributed by atoms with Crippen LogP contribution in [0.1, 0.15) is 70.6 Å². The molecule has 0 aromatic heterocycles. The van der Waals surface area contributed by atoms with Crippen molar-refractivity contribution in [3.63, 3.8) is 0 Å². The molecule has 1 aliphatic carbocycles. The van der Waals surface area contributed by atoms with Gasteiger partial charge in [0.15, 0.2) is 0 Å². The Morgan fingerprint density at radius 2 is 1.37 bits per heavy atom. The molecule has 0 atom stereocenters. The molecule has 1 amide bonds. The second-order valence-electron chi connectivity index (χ2n) is 6.30. The first-order chi connectivity index (χ1) is 9.34. The third-order valence-corrected chi connectivity index (χ3v) is 4.54. The Hall–Kier alpha value is -0.570. The lowest BCUT2D eigenvalue weighted by molar-refractivity contribution is -0.123. The minimum atomic E-state index is 0.257. The van der Waals surface area contributed by atoms with Gasteiger partial charge in [0.2, 0.25) is 5.91 Å². The van der Waals surface area contributed by atoms with Crippen molar-refractivity contribution in [1.29, 1.82) is 0 Å². The normalized spacial score (nSPS) is 24.2. The predicted octanol–water partition coefficient (Wildman–Crippen LogP) is 3.09. The van der Waals surface area contributed by atoms with E-state index in [1.54, 1.807) is 0 Å². The van der Waals surface area contributed by atoms with Crippen LogP contribution in [0.15, 0.2) is 0 Å². The highest BCUT2D eigenvalue weighted by molar-refractivity contribution is 5.78. The fourth-order valence-corrected chi connectivity index (χ4v) is 3.37. The van der Waals surface area contributed by atoms with Gasteiger partial charge in [0.25, 0.3) is 0 Å². The zero-order valence-electron chi connectivity index (χ0n) is 12.3. The molecule has 1 saturated heterocycles. The van der Waals surface area contributed by atoms with Crippen LogP contribution in [-0.4, -0.2) is 36.5 Å². The molecule has 1 heterocycles. The average molecular weight is 266 g/mol. The fraction of sp³-hybridized carbons (Fsp3) is 0.938. The molecule has 3 nitrogen and oxygen atoms in total. The maximum Gasteiger partial charge on any atom is 0.234 e. The van der Waals surface area contributed by atoms with Gasteiger partial charge in [0.1, 0.15) is 0 Å². The molecule has 0 aromatic rings. The Morgan fingerprint density at radius 3 is 2.00 bits per heavy atom. The van der Waals surface area contributed by atoms with Crippen molar-refractivity contribution in [1.82, 2.24) is 10.2 Å². The third kappa shape index (κ3) is 5.94. The van der Waals surface area contributed by atoms with Crippen molar-refractivity contribution in [2.75, 3.05) is 19.6 Å². The van der Waals surface area contributed by atoms with Crippen molar-refractivity contribution < 1.29 is 4.79 Å². The minimum Gasteiger partial charge on any atom is -0.352 e. The van der Waals surface area contributed by atoms with E-state index in [2.05, 4.69) is 10.2 Å². The number of likely N-dealkylation sites (tertiary alicyclic amines) is 1. The van der Waals surface area contributed by atoms with Crippen LogP contribution in [0.4, 0.5) is 0 Å². The van der Waals surface area contributed by atoms with E-state index in [1.807, 2.05) is 0 Å². The Bertz CT molecular complexity index is 251. The highest BCUT2D eigenvalue weighted by atomic mass is 16.2. The first-order valence-electron chi connectivity index (χ1n) is 8.36. The summed E-state index contributed by atoms with van der Waals surface area (Å²) in [5, 5.41) is 3.27. The predicted molar refractivity (Wildman–Crippen MR) is 79.2 cm³/mol. The maximum atomic E-state index is 12.1. The number of hydrogen-bond donors (Lipinski definition) is 1. The SMILES string of the molecule is O=C(CN1CCCCCC1)NC1CCCCCCC1. The van der Waals surface area contributed by atoms with E-state index in [-0.39, 0.29) is 5.91 Å². The highest BCUT2D eigenvalue weighted by Gasteiger charge is 2.17. The fourth-order valence-electron chi connectivity index (χ4n) is 3.37. The summed E-state index contributed by atoms with van der Waals surface area (Å²) in [4.78, 5) is 14.5. The molecule has 2 fully saturated rings. The van der Waals surface area contributed by atoms with Gasteiger partial charge in [0, 0.05) is 6.04 Å². The first-order valence-corrected chi connectivity index (χ1v) is 8.36. The van der Waals surface area contributed by atoms with Crippen LogP contribution in [0.5, 0.6) is 0 Å². The van der Waals surface area contributed by atoms with Crippen LogP contribution >= 0.6 is 0 Å². The number of carbonyl (C=O) groups excluding carboxylic acids is 1. The highest BCUT2D eigenvalue weighted by Crippen LogP contribution is 2.17. The molecule has 19 heavy (non-hydrogen) atoms. The topological polar surface area (TPSA) is 32.3 Å². The molecule has 0 radical (unpaired) electrons. The lowest BCUT2D eigenvalue weighted by Gasteiger charge is -2.24. The monoisotopic (exact) mass is 266 g/mol. The molecule has 0 spiro atoms. The van der Waals surface area contributed by atoms with Gasteiger partial charge in [-0.25, -0.2) is 0 Å². The molecule has 2 rings (SSSR count). The average Bonchev–Trinajstić information content (AvgIpc) is 2.61. The van der Waals surface area contributed by atoms with E-state index in [9.17, 15) is 4.79 Å². The number of carbonyl (C=O) groups is 1. The summed E-state index contributed by atoms with van der Waals surface area (Å²) >= 11 is 0. The van der Waals surface area contributed by atoms with Gasteiger partial charge in [-0.05, 0) is 38.8 Å². The summed E-state index contributed by atoms with van der Waals surface area (Å²) in [6.07, 6.45) is 14.2. The van der Waals surface area contributed by atoms with Gasteiger partial charge in [-0.1, -0.05) is 44.9 Å². The number of rotatable bonds is 3. The van der Waals surface area contributed by atoms with Gasteiger partial charge in [-0.2, -0.15) is 0 Å². The van der Waals surface area contributed by atoms with Crippen molar-refractivity contribution >= 4 is 5.91 Å². The summed E-state index contributed by atoms with van der Waals surface area (Å²) in [6.45, 7) is 2.84. The number of nitrogens with one attached hydrogen (secondary N) is 1. The van der Waals surface area contributed by atoms with Crippen LogP contribution in [0.3, 0.4) is 0 Å². The molecule has 0 bridgehead atoms. The van der Waals surface area contributed by atoms with Crippen LogP contribution in [0, 0.1) is 0 Å². The molecule has 0 unspecified atom stereocenters. The second kappa shape index (κ2) is 8.57. The van der Waals surface area contributed by atoms with Gasteiger partial charge in [0.05, 0.1) is 6.54 Å². The standard InChI is InChI=1S/C16H30N2O/c19-16(14-18-12-8-4-5-9-13-18)17-15-10-6-2-1-3-7-11-15/h15H,1-14H2,(H,17,19). The van der Waals surface area contributed by atoms with Crippen molar-refractivity contribution in [2.45, 2.75) is 76.7 Å². The molecule has 2 aliphatic rings. The number of hydrogen-bond acceptors (Lipinski definition) is 2. The number of amides is 1. The quantitative estimate of drug-likeness (QED) is 0.851. The summed E-state index contributed by atoms with van der Waals surface area (Å²) < 4.78 is 0. The van der Waals surface area contributed by atoms with Crippen LogP contribution < -0.4 is 5.32 Å². The van der Waals surface area contributed by atoms with Gasteiger partial charge in [-0.15, -0.1) is 0 Å². The van der Waals surface area contributed by atoms with Crippen molar-refractivity contribution in [2.24, 2.45) is 0 Å². The van der Waals surface area contributed by atoms with E-state index >= 15 is 0 Å². The summed E-state index contributed by atoms with van der Waals surface area (Å²) in [7, 11) is 0. The molecule has 1 saturated carbocycles. The molecule has 110 valence electrons. The van der Waals surface area contributed by atoms with E-state index in [0.29, 0.717) is 12.6 Å². The third-order valence-electron chi connectivity index (χ3n) is 4.54. The molecular formula is C16H30N2O. The lowest BCUT2D eigenvalue weighted by atomic mass is 9.97. The number of nitrogens with zero attached hydrogens (tertiary/aromatic N) is 1. The second-order valence-corrected chi connectivity index (χ2v) is 6.30. The van der Waals surface area contributed by atoms with E-state index < -0.39 is 0 Å². The summed E-state index contributed by atoms with van der Waals surface area (Å²) in [5.74, 6) is 0.257. The largest absolute Gasteiger partial charge is 0.352 e. The summed E-state index contributed by atoms with van der Waals surface area (Å²) in [5.41, 5.74) is 0. The van der Waals surface area contributed by atoms with E-state index in [4.69, 9.17) is 0 Å². The minimum absolute atomic E-state index is 0.257. The Labute approximate surface area is 118 Å². The molecule has 0 aromatic carbocycles. The van der Waals surface area contributed by atoms with Crippen LogP contribution in [0.25, 0.3) is 0 Å². The van der Waals surface area contributed by atoms with Crippen LogP contribution in [-0.2, 0) is 4.79 Å². The zero-order chi connectivity index (χ0) is 13.3. The molecule has 1 aliphatic heterocycles. The molecular weight excluding hydrogens is 236 g/mol. The summed E-state index contributed by atoms with van der Waals surface area (Å²) in [6, 6.07) is 0.444. The Balaban J connectivity index is 1.69. The van der Waals surface area contributed by atoms with Gasteiger partial charge < -0.3 is 5.32 Å². The zero-order valence-corrected chi connectivity index (χ0v) is 12.3. The Morgan fingerprint density at radius 1 is 0.842 bits per heavy atom. The van der Waals surface area contributed by atoms with Gasteiger partial charge in [-0.3, -0.25) is 9.69 Å². The van der Waals surface area contributed by atoms with Crippen LogP contribution in [0.2, 0.25) is 0 Å².